The van der Waals surface area contributed by atoms with E-state index in [9.17, 15) is 0 Å². The fourth-order valence-electron chi connectivity index (χ4n) is 4.62. The number of hydrogen-bond acceptors (Lipinski definition) is 7. The van der Waals surface area contributed by atoms with Gasteiger partial charge in [0.2, 0.25) is 5.95 Å². The average Bonchev–Trinajstić information content (AvgIpc) is 3.42. The Morgan fingerprint density at radius 1 is 1.31 bits per heavy atom. The molecular weight excluding hydrogens is 390 g/mol. The molecule has 0 aliphatic carbocycles. The fraction of sp³-hybridized carbons (Fsp3) is 0.450. The van der Waals surface area contributed by atoms with Crippen LogP contribution in [0.3, 0.4) is 0 Å². The molecule has 2 atom stereocenters. The van der Waals surface area contributed by atoms with Crippen molar-refractivity contribution in [2.45, 2.75) is 13.5 Å². The zero-order valence-electron chi connectivity index (χ0n) is 16.5. The third-order valence-corrected chi connectivity index (χ3v) is 6.25. The molecule has 0 saturated carbocycles. The molecule has 2 aliphatic heterocycles. The van der Waals surface area contributed by atoms with Crippen LogP contribution in [0.25, 0.3) is 0 Å². The molecule has 29 heavy (non-hydrogen) atoms. The third-order valence-electron chi connectivity index (χ3n) is 5.99. The molecule has 2 fully saturated rings. The average molecular weight is 414 g/mol. The van der Waals surface area contributed by atoms with E-state index in [0.29, 0.717) is 16.9 Å². The summed E-state index contributed by atoms with van der Waals surface area (Å²) in [6.07, 6.45) is 7.03. The predicted molar refractivity (Wildman–Crippen MR) is 111 cm³/mol. The fourth-order valence-corrected chi connectivity index (χ4v) is 4.83. The molecule has 5 rings (SSSR count). The molecule has 8 nitrogen and oxygen atoms in total. The molecule has 2 saturated heterocycles. The summed E-state index contributed by atoms with van der Waals surface area (Å²) in [7, 11) is 1.87. The number of aromatic nitrogens is 4. The zero-order chi connectivity index (χ0) is 20.0. The number of anilines is 3. The Kier molecular flexibility index (Phi) is 4.48. The van der Waals surface area contributed by atoms with Gasteiger partial charge in [-0.3, -0.25) is 9.58 Å². The highest BCUT2D eigenvalue weighted by atomic mass is 35.5. The van der Waals surface area contributed by atoms with Crippen molar-refractivity contribution in [1.29, 1.82) is 0 Å². The van der Waals surface area contributed by atoms with Crippen LogP contribution in [0.2, 0.25) is 5.02 Å². The van der Waals surface area contributed by atoms with Gasteiger partial charge in [-0.05, 0) is 18.1 Å². The standard InChI is InChI=1S/C20H24ClN7O/c1-20-12-27(11-16-4-3-5-29-16)8-14(20)9-28(13-20)18-17(21)7-22-19(25-18)24-15-6-23-26(2)10-15/h3-7,10,14H,8-9,11-13H2,1-2H3,(H,22,24,25)/t14-,20+/m0/s1. The Morgan fingerprint density at radius 3 is 2.93 bits per heavy atom. The van der Waals surface area contributed by atoms with Gasteiger partial charge in [-0.25, -0.2) is 4.98 Å². The zero-order valence-corrected chi connectivity index (χ0v) is 17.3. The van der Waals surface area contributed by atoms with Crippen molar-refractivity contribution in [2.24, 2.45) is 18.4 Å². The van der Waals surface area contributed by atoms with Gasteiger partial charge < -0.3 is 14.6 Å². The van der Waals surface area contributed by atoms with Crippen molar-refractivity contribution in [1.82, 2.24) is 24.6 Å². The maximum absolute atomic E-state index is 6.48. The minimum absolute atomic E-state index is 0.206. The van der Waals surface area contributed by atoms with Crippen LogP contribution >= 0.6 is 11.6 Å². The number of likely N-dealkylation sites (tertiary alicyclic amines) is 1. The highest BCUT2D eigenvalue weighted by molar-refractivity contribution is 6.32. The second kappa shape index (κ2) is 7.03. The molecule has 2 aliphatic rings. The third kappa shape index (κ3) is 3.58. The predicted octanol–water partition coefficient (Wildman–Crippen LogP) is 3.16. The van der Waals surface area contributed by atoms with Crippen LogP contribution in [0.15, 0.2) is 41.4 Å². The first kappa shape index (κ1) is 18.4. The van der Waals surface area contributed by atoms with Crippen LogP contribution in [-0.4, -0.2) is 50.8 Å². The Morgan fingerprint density at radius 2 is 2.21 bits per heavy atom. The van der Waals surface area contributed by atoms with Gasteiger partial charge in [0.25, 0.3) is 0 Å². The lowest BCUT2D eigenvalue weighted by Gasteiger charge is -2.26. The maximum Gasteiger partial charge on any atom is 0.229 e. The number of fused-ring (bicyclic) bond motifs is 1. The summed E-state index contributed by atoms with van der Waals surface area (Å²) >= 11 is 6.48. The number of nitrogens with one attached hydrogen (secondary N) is 1. The van der Waals surface area contributed by atoms with E-state index in [1.54, 1.807) is 23.3 Å². The molecule has 152 valence electrons. The van der Waals surface area contributed by atoms with E-state index in [1.165, 1.54) is 0 Å². The summed E-state index contributed by atoms with van der Waals surface area (Å²) in [6, 6.07) is 3.99. The van der Waals surface area contributed by atoms with E-state index in [-0.39, 0.29) is 5.41 Å². The second-order valence-corrected chi connectivity index (χ2v) is 8.78. The lowest BCUT2D eigenvalue weighted by atomic mass is 9.83. The van der Waals surface area contributed by atoms with Gasteiger partial charge >= 0.3 is 0 Å². The van der Waals surface area contributed by atoms with Crippen molar-refractivity contribution in [3.63, 3.8) is 0 Å². The molecule has 0 spiro atoms. The van der Waals surface area contributed by atoms with Crippen molar-refractivity contribution < 1.29 is 4.42 Å². The summed E-state index contributed by atoms with van der Waals surface area (Å²) < 4.78 is 7.25. The normalized spacial score (nSPS) is 24.2. The molecule has 0 bridgehead atoms. The SMILES string of the molecule is Cn1cc(Nc2ncc(Cl)c(N3C[C@@H]4CN(Cc5ccco5)C[C@]4(C)C3)n2)cn1. The lowest BCUT2D eigenvalue weighted by molar-refractivity contribution is 0.257. The molecule has 0 aromatic carbocycles. The Labute approximate surface area is 174 Å². The molecule has 5 heterocycles. The summed E-state index contributed by atoms with van der Waals surface area (Å²) in [5.41, 5.74) is 1.05. The number of halogens is 1. The summed E-state index contributed by atoms with van der Waals surface area (Å²) in [6.45, 7) is 7.19. The molecule has 0 amide bonds. The van der Waals surface area contributed by atoms with Gasteiger partial charge in [0.1, 0.15) is 10.8 Å². The van der Waals surface area contributed by atoms with Crippen LogP contribution in [0.5, 0.6) is 0 Å². The minimum Gasteiger partial charge on any atom is -0.468 e. The number of nitrogens with zero attached hydrogens (tertiary/aromatic N) is 6. The van der Waals surface area contributed by atoms with Crippen molar-refractivity contribution in [2.75, 3.05) is 36.4 Å². The first-order chi connectivity index (χ1) is 14.0. The molecule has 1 N–H and O–H groups in total. The van der Waals surface area contributed by atoms with E-state index in [0.717, 1.165) is 50.0 Å². The van der Waals surface area contributed by atoms with Crippen LogP contribution < -0.4 is 10.2 Å². The van der Waals surface area contributed by atoms with E-state index in [2.05, 4.69) is 32.1 Å². The molecule has 0 unspecified atom stereocenters. The first-order valence-electron chi connectivity index (χ1n) is 9.76. The summed E-state index contributed by atoms with van der Waals surface area (Å²) in [5, 5.41) is 7.94. The van der Waals surface area contributed by atoms with Gasteiger partial charge in [0.05, 0.1) is 30.9 Å². The maximum atomic E-state index is 6.48. The quantitative estimate of drug-likeness (QED) is 0.688. The van der Waals surface area contributed by atoms with E-state index >= 15 is 0 Å². The van der Waals surface area contributed by atoms with Crippen molar-refractivity contribution in [3.8, 4) is 0 Å². The minimum atomic E-state index is 0.206. The van der Waals surface area contributed by atoms with Crippen LogP contribution in [0, 0.1) is 11.3 Å². The lowest BCUT2D eigenvalue weighted by Crippen LogP contribution is -2.32. The van der Waals surface area contributed by atoms with E-state index < -0.39 is 0 Å². The number of rotatable bonds is 5. The van der Waals surface area contributed by atoms with Gasteiger partial charge in [0, 0.05) is 44.8 Å². The number of furan rings is 1. The van der Waals surface area contributed by atoms with Gasteiger partial charge in [-0.1, -0.05) is 18.5 Å². The van der Waals surface area contributed by atoms with Crippen LogP contribution in [0.1, 0.15) is 12.7 Å². The highest BCUT2D eigenvalue weighted by Crippen LogP contribution is 2.44. The Hall–Kier alpha value is -2.58. The Bertz CT molecular complexity index is 1000. The molecule has 3 aromatic rings. The van der Waals surface area contributed by atoms with Crippen molar-refractivity contribution in [3.05, 3.63) is 47.8 Å². The van der Waals surface area contributed by atoms with Gasteiger partial charge in [0.15, 0.2) is 5.82 Å². The number of aryl methyl sites for hydroxylation is 1. The number of hydrogen-bond donors (Lipinski definition) is 1. The van der Waals surface area contributed by atoms with Crippen LogP contribution in [0.4, 0.5) is 17.5 Å². The molecular formula is C20H24ClN7O. The van der Waals surface area contributed by atoms with Crippen LogP contribution in [-0.2, 0) is 13.6 Å². The molecule has 9 heteroatoms. The summed E-state index contributed by atoms with van der Waals surface area (Å²) in [5.74, 6) is 2.91. The smallest absolute Gasteiger partial charge is 0.229 e. The first-order valence-corrected chi connectivity index (χ1v) is 10.1. The topological polar surface area (TPSA) is 75.2 Å². The molecule has 3 aromatic heterocycles. The second-order valence-electron chi connectivity index (χ2n) is 8.37. The van der Waals surface area contributed by atoms with Gasteiger partial charge in [-0.15, -0.1) is 0 Å². The largest absolute Gasteiger partial charge is 0.468 e. The van der Waals surface area contributed by atoms with E-state index in [4.69, 9.17) is 21.0 Å². The summed E-state index contributed by atoms with van der Waals surface area (Å²) in [4.78, 5) is 13.8. The van der Waals surface area contributed by atoms with Crippen molar-refractivity contribution >= 4 is 29.1 Å². The monoisotopic (exact) mass is 413 g/mol. The molecule has 0 radical (unpaired) electrons. The highest BCUT2D eigenvalue weighted by Gasteiger charge is 2.49. The van der Waals surface area contributed by atoms with Gasteiger partial charge in [-0.2, -0.15) is 10.1 Å². The van der Waals surface area contributed by atoms with E-state index in [1.807, 2.05) is 25.4 Å². The Balaban J connectivity index is 1.30.